The molecule has 1 N–H and O–H groups in total. The van der Waals surface area contributed by atoms with E-state index < -0.39 is 24.3 Å². The molecule has 7 heteroatoms. The van der Waals surface area contributed by atoms with Gasteiger partial charge in [0, 0.05) is 7.05 Å². The molecular weight excluding hydrogens is 326 g/mol. The molecule has 1 aromatic rings. The molecule has 0 bridgehead atoms. The van der Waals surface area contributed by atoms with Crippen LogP contribution in [0.5, 0.6) is 0 Å². The highest BCUT2D eigenvalue weighted by molar-refractivity contribution is 5.83. The van der Waals surface area contributed by atoms with Gasteiger partial charge in [0.1, 0.15) is 24.4 Å². The summed E-state index contributed by atoms with van der Waals surface area (Å²) in [4.78, 5) is 11.8. The van der Waals surface area contributed by atoms with E-state index in [2.05, 4.69) is 5.32 Å². The molecule has 3 fully saturated rings. The number of nitrogens with one attached hydrogen (secondary N) is 1. The lowest BCUT2D eigenvalue weighted by Crippen LogP contribution is -2.36. The molecule has 0 radical (unpaired) electrons. The Morgan fingerprint density at radius 2 is 1.80 bits per heavy atom. The number of carbonyl (C=O) groups is 1. The zero-order valence-corrected chi connectivity index (χ0v) is 14.5. The first-order valence-electron chi connectivity index (χ1n) is 8.52. The molecule has 0 spiro atoms. The molecule has 3 aliphatic heterocycles. The van der Waals surface area contributed by atoms with Crippen LogP contribution in [0.4, 0.5) is 0 Å². The normalized spacial score (nSPS) is 38.4. The summed E-state index contributed by atoms with van der Waals surface area (Å²) in [7, 11) is 1.59. The van der Waals surface area contributed by atoms with Gasteiger partial charge in [0.15, 0.2) is 18.2 Å². The molecule has 0 aromatic heterocycles. The van der Waals surface area contributed by atoms with Crippen molar-refractivity contribution >= 4 is 5.91 Å². The highest BCUT2D eigenvalue weighted by Gasteiger charge is 2.64. The van der Waals surface area contributed by atoms with Crippen molar-refractivity contribution in [3.8, 4) is 0 Å². The summed E-state index contributed by atoms with van der Waals surface area (Å²) in [6.45, 7) is 4.14. The van der Waals surface area contributed by atoms with Crippen LogP contribution in [0.3, 0.4) is 0 Å². The number of rotatable bonds is 5. The summed E-state index contributed by atoms with van der Waals surface area (Å²) in [5.41, 5.74) is 1.05. The highest BCUT2D eigenvalue weighted by atomic mass is 16.8. The molecular formula is C18H23NO6. The number of hydrogen-bond donors (Lipinski definition) is 1. The molecule has 1 aromatic carbocycles. The highest BCUT2D eigenvalue weighted by Crippen LogP contribution is 2.44. The van der Waals surface area contributed by atoms with Crippen molar-refractivity contribution in [1.82, 2.24) is 5.32 Å². The van der Waals surface area contributed by atoms with Crippen LogP contribution >= 0.6 is 0 Å². The number of amides is 1. The predicted octanol–water partition coefficient (Wildman–Crippen LogP) is 0.962. The molecule has 0 unspecified atom stereocenters. The van der Waals surface area contributed by atoms with Gasteiger partial charge in [-0.05, 0) is 19.4 Å². The van der Waals surface area contributed by atoms with Gasteiger partial charge in [0.2, 0.25) is 0 Å². The van der Waals surface area contributed by atoms with Crippen LogP contribution in [0.1, 0.15) is 19.4 Å². The lowest BCUT2D eigenvalue weighted by Gasteiger charge is -2.23. The average Bonchev–Trinajstić information content (AvgIpc) is 3.24. The Morgan fingerprint density at radius 1 is 1.08 bits per heavy atom. The maximum atomic E-state index is 11.8. The van der Waals surface area contributed by atoms with Gasteiger partial charge in [-0.3, -0.25) is 4.79 Å². The number of ether oxygens (including phenoxy) is 5. The lowest BCUT2D eigenvalue weighted by atomic mass is 10.1. The van der Waals surface area contributed by atoms with Crippen molar-refractivity contribution in [2.24, 2.45) is 0 Å². The van der Waals surface area contributed by atoms with Gasteiger partial charge in [0.25, 0.3) is 5.91 Å². The Morgan fingerprint density at radius 3 is 2.52 bits per heavy atom. The number of fused-ring (bicyclic) bond motifs is 1. The number of benzene rings is 1. The summed E-state index contributed by atoms with van der Waals surface area (Å²) in [5.74, 6) is -0.875. The van der Waals surface area contributed by atoms with Crippen molar-refractivity contribution in [2.75, 3.05) is 7.05 Å². The number of hydrogen-bond acceptors (Lipinski definition) is 6. The minimum absolute atomic E-state index is 0.156. The Balaban J connectivity index is 1.45. The second-order valence-electron chi connectivity index (χ2n) is 6.97. The van der Waals surface area contributed by atoms with Crippen LogP contribution in [0.15, 0.2) is 30.3 Å². The predicted molar refractivity (Wildman–Crippen MR) is 86.4 cm³/mol. The SMILES string of the molecule is CNC(=O)[C@@H]1O[C@H]1[C@H]1O[C@@H](OCc2ccccc2)[C@H]2OC(C)(C)O[C@@H]12. The zero-order chi connectivity index (χ0) is 17.6. The van der Waals surface area contributed by atoms with Crippen molar-refractivity contribution in [2.45, 2.75) is 63.1 Å². The number of epoxide rings is 1. The van der Waals surface area contributed by atoms with E-state index in [-0.39, 0.29) is 24.2 Å². The van der Waals surface area contributed by atoms with E-state index in [0.29, 0.717) is 6.61 Å². The Hall–Kier alpha value is -1.51. The fourth-order valence-electron chi connectivity index (χ4n) is 3.47. The molecule has 4 rings (SSSR count). The lowest BCUT2D eigenvalue weighted by molar-refractivity contribution is -0.238. The van der Waals surface area contributed by atoms with Gasteiger partial charge >= 0.3 is 0 Å². The molecule has 3 aliphatic rings. The maximum absolute atomic E-state index is 11.8. The van der Waals surface area contributed by atoms with Crippen LogP contribution in [0.2, 0.25) is 0 Å². The standard InChI is InChI=1S/C18H23NO6/c1-18(2)24-13-11(12-14(22-12)16(20)19-3)23-17(15(13)25-18)21-9-10-7-5-4-6-8-10/h4-8,11-15,17H,9H2,1-3H3,(H,19,20)/t11-,12+,13+,14-,15+,17-/m1/s1. The molecule has 1 amide bonds. The summed E-state index contributed by atoms with van der Waals surface area (Å²) in [6.07, 6.45) is -2.47. The fraction of sp³-hybridized carbons (Fsp3) is 0.611. The molecule has 6 atom stereocenters. The molecule has 136 valence electrons. The summed E-state index contributed by atoms with van der Waals surface area (Å²) in [5, 5.41) is 2.59. The van der Waals surface area contributed by atoms with Crippen LogP contribution < -0.4 is 5.32 Å². The first-order chi connectivity index (χ1) is 12.0. The van der Waals surface area contributed by atoms with Gasteiger partial charge in [-0.2, -0.15) is 0 Å². The van der Waals surface area contributed by atoms with Crippen molar-refractivity contribution in [3.05, 3.63) is 35.9 Å². The van der Waals surface area contributed by atoms with E-state index in [1.54, 1.807) is 7.05 Å². The van der Waals surface area contributed by atoms with Gasteiger partial charge in [-0.1, -0.05) is 30.3 Å². The van der Waals surface area contributed by atoms with E-state index in [0.717, 1.165) is 5.56 Å². The van der Waals surface area contributed by atoms with Crippen molar-refractivity contribution < 1.29 is 28.5 Å². The van der Waals surface area contributed by atoms with E-state index in [9.17, 15) is 4.79 Å². The summed E-state index contributed by atoms with van der Waals surface area (Å²) >= 11 is 0. The van der Waals surface area contributed by atoms with E-state index in [4.69, 9.17) is 23.7 Å². The second kappa shape index (κ2) is 6.34. The van der Waals surface area contributed by atoms with Gasteiger partial charge in [0.05, 0.1) is 6.61 Å². The minimum atomic E-state index is -0.719. The molecule has 25 heavy (non-hydrogen) atoms. The second-order valence-corrected chi connectivity index (χ2v) is 6.97. The van der Waals surface area contributed by atoms with E-state index >= 15 is 0 Å². The van der Waals surface area contributed by atoms with Crippen molar-refractivity contribution in [3.63, 3.8) is 0 Å². The first-order valence-corrected chi connectivity index (χ1v) is 8.52. The third kappa shape index (κ3) is 3.30. The van der Waals surface area contributed by atoms with Crippen LogP contribution in [0, 0.1) is 0 Å². The molecule has 3 heterocycles. The van der Waals surface area contributed by atoms with Crippen LogP contribution in [-0.4, -0.2) is 55.6 Å². The third-order valence-corrected chi connectivity index (χ3v) is 4.66. The Bertz CT molecular complexity index is 636. The summed E-state index contributed by atoms with van der Waals surface area (Å²) < 4.78 is 29.4. The van der Waals surface area contributed by atoms with Crippen LogP contribution in [0.25, 0.3) is 0 Å². The number of likely N-dealkylation sites (N-methyl/N-ethyl adjacent to an activating group) is 1. The van der Waals surface area contributed by atoms with E-state index in [1.165, 1.54) is 0 Å². The van der Waals surface area contributed by atoms with Crippen LogP contribution in [-0.2, 0) is 35.1 Å². The molecule has 7 nitrogen and oxygen atoms in total. The molecule has 0 saturated carbocycles. The monoisotopic (exact) mass is 349 g/mol. The molecule has 3 saturated heterocycles. The Kier molecular flexibility index (Phi) is 4.29. The smallest absolute Gasteiger partial charge is 0.251 e. The van der Waals surface area contributed by atoms with Gasteiger partial charge in [-0.15, -0.1) is 0 Å². The molecule has 0 aliphatic carbocycles. The van der Waals surface area contributed by atoms with Crippen molar-refractivity contribution in [1.29, 1.82) is 0 Å². The maximum Gasteiger partial charge on any atom is 0.251 e. The van der Waals surface area contributed by atoms with Gasteiger partial charge < -0.3 is 29.0 Å². The van der Waals surface area contributed by atoms with Gasteiger partial charge in [-0.25, -0.2) is 0 Å². The topological polar surface area (TPSA) is 78.6 Å². The number of carbonyl (C=O) groups excluding carboxylic acids is 1. The first kappa shape index (κ1) is 16.9. The zero-order valence-electron chi connectivity index (χ0n) is 14.5. The third-order valence-electron chi connectivity index (χ3n) is 4.66. The minimum Gasteiger partial charge on any atom is -0.357 e. The summed E-state index contributed by atoms with van der Waals surface area (Å²) in [6, 6.07) is 9.87. The fourth-order valence-corrected chi connectivity index (χ4v) is 3.47. The largest absolute Gasteiger partial charge is 0.357 e. The van der Waals surface area contributed by atoms with E-state index in [1.807, 2.05) is 44.2 Å². The average molecular weight is 349 g/mol. The Labute approximate surface area is 146 Å². The quantitative estimate of drug-likeness (QED) is 0.798.